The zero-order chi connectivity index (χ0) is 18.3. The molecule has 128 valence electrons. The van der Waals surface area contributed by atoms with Crippen LogP contribution in [0.5, 0.6) is 0 Å². The number of rotatable bonds is 3. The van der Waals surface area contributed by atoms with E-state index in [1.165, 1.54) is 0 Å². The van der Waals surface area contributed by atoms with E-state index in [1.807, 2.05) is 36.7 Å². The Balaban J connectivity index is 1.73. The summed E-state index contributed by atoms with van der Waals surface area (Å²) in [6.45, 7) is 4.52. The maximum Gasteiger partial charge on any atom is 0.197 e. The maximum absolute atomic E-state index is 12.6. The Kier molecular flexibility index (Phi) is 3.88. The Morgan fingerprint density at radius 3 is 2.08 bits per heavy atom. The third kappa shape index (κ3) is 2.60. The molecule has 4 nitrogen and oxygen atoms in total. The molecule has 0 N–H and O–H groups in total. The van der Waals surface area contributed by atoms with Gasteiger partial charge in [-0.15, -0.1) is 0 Å². The molecule has 1 aromatic heterocycles. The third-order valence-corrected chi connectivity index (χ3v) is 4.81. The Hall–Kier alpha value is -3.27. The largest absolute Gasteiger partial charge is 0.288 e. The maximum atomic E-state index is 12.6. The molecule has 26 heavy (non-hydrogen) atoms. The summed E-state index contributed by atoms with van der Waals surface area (Å²) < 4.78 is 1.91. The molecule has 1 aliphatic carbocycles. The van der Waals surface area contributed by atoms with Gasteiger partial charge in [0.1, 0.15) is 0 Å². The fraction of sp³-hybridized carbons (Fsp3) is 0.136. The molecule has 4 rings (SSSR count). The van der Waals surface area contributed by atoms with Crippen molar-refractivity contribution < 1.29 is 9.59 Å². The van der Waals surface area contributed by atoms with Crippen LogP contribution >= 0.6 is 0 Å². The topological polar surface area (TPSA) is 52.0 Å². The van der Waals surface area contributed by atoms with Gasteiger partial charge in [0.25, 0.3) is 0 Å². The van der Waals surface area contributed by atoms with E-state index < -0.39 is 0 Å². The molecule has 0 saturated heterocycles. The average Bonchev–Trinajstić information content (AvgIpc) is 3.06. The van der Waals surface area contributed by atoms with E-state index >= 15 is 0 Å². The first kappa shape index (κ1) is 16.2. The van der Waals surface area contributed by atoms with Gasteiger partial charge in [-0.1, -0.05) is 54.6 Å². The summed E-state index contributed by atoms with van der Waals surface area (Å²) in [6, 6.07) is 17.0. The molecule has 1 aliphatic rings. The summed E-state index contributed by atoms with van der Waals surface area (Å²) in [7, 11) is 0. The van der Waals surface area contributed by atoms with Gasteiger partial charge in [-0.05, 0) is 25.5 Å². The van der Waals surface area contributed by atoms with Crippen LogP contribution in [0, 0.1) is 13.8 Å². The van der Waals surface area contributed by atoms with E-state index in [-0.39, 0.29) is 17.1 Å². The number of allylic oxidation sites excluding steroid dienone is 1. The second-order valence-corrected chi connectivity index (χ2v) is 6.49. The Labute approximate surface area is 151 Å². The van der Waals surface area contributed by atoms with Crippen molar-refractivity contribution in [2.75, 3.05) is 0 Å². The number of ketones is 2. The van der Waals surface area contributed by atoms with Crippen LogP contribution in [0.15, 0.2) is 60.2 Å². The van der Waals surface area contributed by atoms with E-state index in [4.69, 9.17) is 0 Å². The quantitative estimate of drug-likeness (QED) is 0.534. The minimum Gasteiger partial charge on any atom is -0.288 e. The van der Waals surface area contributed by atoms with Crippen LogP contribution in [0.3, 0.4) is 0 Å². The average molecular weight is 342 g/mol. The van der Waals surface area contributed by atoms with Crippen LogP contribution in [-0.2, 0) is 6.54 Å². The molecular formula is C22H18N2O2. The number of carbonyl (C=O) groups is 2. The highest BCUT2D eigenvalue weighted by Gasteiger charge is 2.33. The molecule has 4 heteroatoms. The lowest BCUT2D eigenvalue weighted by molar-refractivity contribution is 0.0990. The number of carbonyl (C=O) groups excluding carboxylic acids is 2. The van der Waals surface area contributed by atoms with Crippen molar-refractivity contribution in [3.8, 4) is 0 Å². The predicted octanol–water partition coefficient (Wildman–Crippen LogP) is 4.01. The van der Waals surface area contributed by atoms with Crippen molar-refractivity contribution in [1.29, 1.82) is 0 Å². The monoisotopic (exact) mass is 342 g/mol. The molecule has 0 saturated carbocycles. The van der Waals surface area contributed by atoms with Crippen LogP contribution in [0.4, 0.5) is 0 Å². The highest BCUT2D eigenvalue weighted by Crippen LogP contribution is 2.29. The van der Waals surface area contributed by atoms with Gasteiger partial charge in [-0.3, -0.25) is 14.3 Å². The van der Waals surface area contributed by atoms with Crippen LogP contribution in [0.25, 0.3) is 6.08 Å². The lowest BCUT2D eigenvalue weighted by atomic mass is 10.1. The molecule has 0 fully saturated rings. The van der Waals surface area contributed by atoms with Crippen molar-refractivity contribution in [3.63, 3.8) is 0 Å². The molecule has 0 aliphatic heterocycles. The standard InChI is InChI=1S/C22H18N2O2/c1-14-19(15(2)24(23-14)13-16-8-4-3-5-9-16)12-20-21(25)17-10-6-7-11-18(17)22(20)26/h3-12H,13H2,1-2H3. The molecule has 0 amide bonds. The zero-order valence-corrected chi connectivity index (χ0v) is 14.7. The molecule has 1 heterocycles. The highest BCUT2D eigenvalue weighted by atomic mass is 16.2. The first-order valence-electron chi connectivity index (χ1n) is 8.54. The molecule has 0 spiro atoms. The third-order valence-electron chi connectivity index (χ3n) is 4.81. The van der Waals surface area contributed by atoms with Gasteiger partial charge in [0.05, 0.1) is 17.8 Å². The van der Waals surface area contributed by atoms with Crippen LogP contribution in [0.1, 0.15) is 43.2 Å². The number of Topliss-reactive ketones (excluding diaryl/α,β-unsaturated/α-hetero) is 2. The van der Waals surface area contributed by atoms with E-state index in [0.29, 0.717) is 17.7 Å². The van der Waals surface area contributed by atoms with Gasteiger partial charge in [-0.2, -0.15) is 5.10 Å². The second-order valence-electron chi connectivity index (χ2n) is 6.49. The van der Waals surface area contributed by atoms with Crippen molar-refractivity contribution >= 4 is 17.6 Å². The Bertz CT molecular complexity index is 1020. The number of aromatic nitrogens is 2. The number of hydrogen-bond acceptors (Lipinski definition) is 3. The van der Waals surface area contributed by atoms with E-state index in [2.05, 4.69) is 17.2 Å². The molecule has 3 aromatic rings. The van der Waals surface area contributed by atoms with Crippen molar-refractivity contribution in [3.05, 3.63) is 93.8 Å². The summed E-state index contributed by atoms with van der Waals surface area (Å²) in [5, 5.41) is 4.60. The molecule has 0 atom stereocenters. The summed E-state index contributed by atoms with van der Waals surface area (Å²) in [5.41, 5.74) is 4.92. The molecule has 0 unspecified atom stereocenters. The number of nitrogens with zero attached hydrogens (tertiary/aromatic N) is 2. The van der Waals surface area contributed by atoms with Crippen LogP contribution < -0.4 is 0 Å². The second kappa shape index (κ2) is 6.23. The first-order valence-corrected chi connectivity index (χ1v) is 8.54. The Morgan fingerprint density at radius 2 is 1.46 bits per heavy atom. The smallest absolute Gasteiger partial charge is 0.197 e. The van der Waals surface area contributed by atoms with Gasteiger partial charge >= 0.3 is 0 Å². The Morgan fingerprint density at radius 1 is 0.885 bits per heavy atom. The molecular weight excluding hydrogens is 324 g/mol. The van der Waals surface area contributed by atoms with Crippen molar-refractivity contribution in [2.45, 2.75) is 20.4 Å². The van der Waals surface area contributed by atoms with Gasteiger partial charge in [-0.25, -0.2) is 0 Å². The lowest BCUT2D eigenvalue weighted by Crippen LogP contribution is -2.04. The lowest BCUT2D eigenvalue weighted by Gasteiger charge is -2.04. The van der Waals surface area contributed by atoms with E-state index in [9.17, 15) is 9.59 Å². The summed E-state index contributed by atoms with van der Waals surface area (Å²) in [4.78, 5) is 25.2. The predicted molar refractivity (Wildman–Crippen MR) is 100 cm³/mol. The van der Waals surface area contributed by atoms with Crippen molar-refractivity contribution in [1.82, 2.24) is 9.78 Å². The number of fused-ring (bicyclic) bond motifs is 1. The van der Waals surface area contributed by atoms with Crippen LogP contribution in [0.2, 0.25) is 0 Å². The fourth-order valence-corrected chi connectivity index (χ4v) is 3.38. The highest BCUT2D eigenvalue weighted by molar-refractivity contribution is 6.41. The zero-order valence-electron chi connectivity index (χ0n) is 14.7. The SMILES string of the molecule is Cc1nn(Cc2ccccc2)c(C)c1C=C1C(=O)c2ccccc2C1=O. The summed E-state index contributed by atoms with van der Waals surface area (Å²) in [6.07, 6.45) is 1.70. The van der Waals surface area contributed by atoms with Gasteiger partial charge in [0.15, 0.2) is 11.6 Å². The van der Waals surface area contributed by atoms with Gasteiger partial charge in [0, 0.05) is 22.4 Å². The fourth-order valence-electron chi connectivity index (χ4n) is 3.38. The number of hydrogen-bond donors (Lipinski definition) is 0. The van der Waals surface area contributed by atoms with Crippen LogP contribution in [-0.4, -0.2) is 21.3 Å². The normalized spacial score (nSPS) is 13.2. The minimum atomic E-state index is -0.208. The molecule has 0 radical (unpaired) electrons. The van der Waals surface area contributed by atoms with Gasteiger partial charge < -0.3 is 0 Å². The molecule has 2 aromatic carbocycles. The minimum absolute atomic E-state index is 0.208. The van der Waals surface area contributed by atoms with Gasteiger partial charge in [0.2, 0.25) is 0 Å². The number of aryl methyl sites for hydroxylation is 1. The van der Waals surface area contributed by atoms with E-state index in [0.717, 1.165) is 22.5 Å². The first-order chi connectivity index (χ1) is 12.6. The summed E-state index contributed by atoms with van der Waals surface area (Å²) >= 11 is 0. The van der Waals surface area contributed by atoms with Crippen molar-refractivity contribution in [2.24, 2.45) is 0 Å². The molecule has 0 bridgehead atoms. The number of benzene rings is 2. The van der Waals surface area contributed by atoms with E-state index in [1.54, 1.807) is 30.3 Å². The summed E-state index contributed by atoms with van der Waals surface area (Å²) in [5.74, 6) is -0.416.